The maximum Gasteiger partial charge on any atom is 0.0192 e. The van der Waals surface area contributed by atoms with E-state index in [1.807, 2.05) is 0 Å². The molecule has 0 saturated carbocycles. The van der Waals surface area contributed by atoms with Crippen molar-refractivity contribution < 1.29 is 0 Å². The Kier molecular flexibility index (Phi) is 8.04. The third-order valence-electron chi connectivity index (χ3n) is 2.27. The number of rotatable bonds is 7. The van der Waals surface area contributed by atoms with Gasteiger partial charge >= 0.3 is 0 Å². The summed E-state index contributed by atoms with van der Waals surface area (Å²) in [4.78, 5) is 0. The topological polar surface area (TPSA) is 52.0 Å². The molecule has 2 heteroatoms. The Morgan fingerprint density at radius 1 is 0.857 bits per heavy atom. The van der Waals surface area contributed by atoms with E-state index in [0.717, 1.165) is 38.5 Å². The summed E-state index contributed by atoms with van der Waals surface area (Å²) in [6.45, 7) is 0. The Labute approximate surface area is 87.4 Å². The Bertz CT molecular complexity index is 185. The van der Waals surface area contributed by atoms with Crippen molar-refractivity contribution in [1.29, 1.82) is 0 Å². The molecule has 0 aliphatic heterocycles. The van der Waals surface area contributed by atoms with Crippen molar-refractivity contribution in [2.45, 2.75) is 50.6 Å². The molecule has 0 aliphatic carbocycles. The molecule has 0 spiro atoms. The molecule has 0 fully saturated rings. The molecule has 78 valence electrons. The molecule has 0 rings (SSSR count). The van der Waals surface area contributed by atoms with E-state index in [0.29, 0.717) is 0 Å². The van der Waals surface area contributed by atoms with Gasteiger partial charge in [0.2, 0.25) is 0 Å². The molecule has 2 nitrogen and oxygen atoms in total. The van der Waals surface area contributed by atoms with E-state index in [-0.39, 0.29) is 12.1 Å². The predicted molar refractivity (Wildman–Crippen MR) is 61.3 cm³/mol. The smallest absolute Gasteiger partial charge is 0.0192 e. The van der Waals surface area contributed by atoms with Crippen LogP contribution in [0.5, 0.6) is 0 Å². The Morgan fingerprint density at radius 2 is 1.21 bits per heavy atom. The largest absolute Gasteiger partial charge is 0.326 e. The second-order valence-corrected chi connectivity index (χ2v) is 3.52. The summed E-state index contributed by atoms with van der Waals surface area (Å²) >= 11 is 0. The van der Waals surface area contributed by atoms with Gasteiger partial charge in [-0.15, -0.1) is 24.7 Å². The molecule has 0 saturated heterocycles. The highest BCUT2D eigenvalue weighted by molar-refractivity contribution is 4.86. The first-order valence-corrected chi connectivity index (χ1v) is 5.10. The Hall–Kier alpha value is -0.960. The van der Waals surface area contributed by atoms with E-state index in [9.17, 15) is 0 Å². The van der Waals surface area contributed by atoms with Crippen LogP contribution in [0.2, 0.25) is 0 Å². The summed E-state index contributed by atoms with van der Waals surface area (Å²) in [7, 11) is 0. The molecule has 0 amide bonds. The molecule has 0 unspecified atom stereocenters. The number of unbranched alkanes of at least 4 members (excludes halogenated alkanes) is 2. The van der Waals surface area contributed by atoms with Crippen molar-refractivity contribution in [3.05, 3.63) is 0 Å². The van der Waals surface area contributed by atoms with Crippen LogP contribution in [-0.2, 0) is 0 Å². The lowest BCUT2D eigenvalue weighted by Crippen LogP contribution is -2.41. The van der Waals surface area contributed by atoms with Gasteiger partial charge in [0.1, 0.15) is 0 Å². The third kappa shape index (κ3) is 6.54. The van der Waals surface area contributed by atoms with Crippen molar-refractivity contribution >= 4 is 0 Å². The molecule has 2 atom stereocenters. The SMILES string of the molecule is C#CCCC[C@H](N)[C@@H](N)CCCC#C. The van der Waals surface area contributed by atoms with Crippen molar-refractivity contribution in [3.8, 4) is 24.7 Å². The van der Waals surface area contributed by atoms with Gasteiger partial charge in [0.05, 0.1) is 0 Å². The van der Waals surface area contributed by atoms with Gasteiger partial charge in [-0.05, 0) is 25.7 Å². The second-order valence-electron chi connectivity index (χ2n) is 3.52. The van der Waals surface area contributed by atoms with E-state index in [4.69, 9.17) is 24.3 Å². The fourth-order valence-electron chi connectivity index (χ4n) is 1.31. The number of hydrogen-bond acceptors (Lipinski definition) is 2. The average molecular weight is 192 g/mol. The molecule has 0 bridgehead atoms. The first-order chi connectivity index (χ1) is 6.72. The molecule has 0 radical (unpaired) electrons. The van der Waals surface area contributed by atoms with Crippen molar-refractivity contribution in [3.63, 3.8) is 0 Å². The standard InChI is InChI=1S/C12H20N2/c1-3-5-7-9-11(13)12(14)10-8-6-4-2/h1-2,11-12H,5-10,13-14H2/t11-,12-/m0/s1. The van der Waals surface area contributed by atoms with Gasteiger partial charge in [-0.25, -0.2) is 0 Å². The van der Waals surface area contributed by atoms with Crippen LogP contribution in [0.3, 0.4) is 0 Å². The lowest BCUT2D eigenvalue weighted by molar-refractivity contribution is 0.453. The highest BCUT2D eigenvalue weighted by Crippen LogP contribution is 2.06. The highest BCUT2D eigenvalue weighted by Gasteiger charge is 2.11. The van der Waals surface area contributed by atoms with Crippen LogP contribution in [-0.4, -0.2) is 12.1 Å². The first kappa shape index (κ1) is 13.0. The van der Waals surface area contributed by atoms with Crippen LogP contribution >= 0.6 is 0 Å². The summed E-state index contributed by atoms with van der Waals surface area (Å²) < 4.78 is 0. The molecule has 4 N–H and O–H groups in total. The number of nitrogens with two attached hydrogens (primary N) is 2. The quantitative estimate of drug-likeness (QED) is 0.471. The van der Waals surface area contributed by atoms with Gasteiger partial charge in [0.25, 0.3) is 0 Å². The van der Waals surface area contributed by atoms with Crippen LogP contribution in [0.4, 0.5) is 0 Å². The molecular weight excluding hydrogens is 172 g/mol. The van der Waals surface area contributed by atoms with Crippen LogP contribution in [0.1, 0.15) is 38.5 Å². The first-order valence-electron chi connectivity index (χ1n) is 5.10. The highest BCUT2D eigenvalue weighted by atomic mass is 14.8. The normalized spacial score (nSPS) is 14.0. The van der Waals surface area contributed by atoms with Crippen molar-refractivity contribution in [2.75, 3.05) is 0 Å². The predicted octanol–water partition coefficient (Wildman–Crippen LogP) is 1.25. The summed E-state index contributed by atoms with van der Waals surface area (Å²) in [5.74, 6) is 5.18. The molecule has 0 aromatic carbocycles. The van der Waals surface area contributed by atoms with Gasteiger partial charge in [-0.2, -0.15) is 0 Å². The third-order valence-corrected chi connectivity index (χ3v) is 2.27. The molecule has 0 aromatic heterocycles. The summed E-state index contributed by atoms with van der Waals surface area (Å²) in [6, 6.07) is 0.113. The Balaban J connectivity index is 3.51. The molecule has 0 aliphatic rings. The minimum atomic E-state index is 0.0566. The van der Waals surface area contributed by atoms with Crippen LogP contribution in [0.25, 0.3) is 0 Å². The Morgan fingerprint density at radius 3 is 1.50 bits per heavy atom. The van der Waals surface area contributed by atoms with E-state index >= 15 is 0 Å². The average Bonchev–Trinajstić information content (AvgIpc) is 2.18. The number of hydrogen-bond donors (Lipinski definition) is 2. The van der Waals surface area contributed by atoms with Crippen LogP contribution < -0.4 is 11.5 Å². The maximum absolute atomic E-state index is 5.89. The second kappa shape index (κ2) is 8.63. The van der Waals surface area contributed by atoms with Crippen LogP contribution in [0, 0.1) is 24.7 Å². The van der Waals surface area contributed by atoms with Crippen LogP contribution in [0.15, 0.2) is 0 Å². The molecule has 14 heavy (non-hydrogen) atoms. The maximum atomic E-state index is 5.89. The van der Waals surface area contributed by atoms with Gasteiger partial charge < -0.3 is 11.5 Å². The zero-order valence-electron chi connectivity index (χ0n) is 8.71. The van der Waals surface area contributed by atoms with Crippen molar-refractivity contribution in [2.24, 2.45) is 11.5 Å². The van der Waals surface area contributed by atoms with Gasteiger partial charge in [0.15, 0.2) is 0 Å². The van der Waals surface area contributed by atoms with E-state index in [2.05, 4.69) is 11.8 Å². The lowest BCUT2D eigenvalue weighted by atomic mass is 9.99. The fourth-order valence-corrected chi connectivity index (χ4v) is 1.31. The minimum absolute atomic E-state index is 0.0566. The molecular formula is C12H20N2. The fraction of sp³-hybridized carbons (Fsp3) is 0.667. The lowest BCUT2D eigenvalue weighted by Gasteiger charge is -2.18. The zero-order valence-corrected chi connectivity index (χ0v) is 8.71. The van der Waals surface area contributed by atoms with E-state index in [1.165, 1.54) is 0 Å². The van der Waals surface area contributed by atoms with Gasteiger partial charge in [0, 0.05) is 24.9 Å². The van der Waals surface area contributed by atoms with Crippen molar-refractivity contribution in [1.82, 2.24) is 0 Å². The minimum Gasteiger partial charge on any atom is -0.326 e. The number of terminal acetylenes is 2. The van der Waals surface area contributed by atoms with E-state index < -0.39 is 0 Å². The monoisotopic (exact) mass is 192 g/mol. The summed E-state index contributed by atoms with van der Waals surface area (Å²) in [5.41, 5.74) is 11.8. The molecule has 0 heterocycles. The summed E-state index contributed by atoms with van der Waals surface area (Å²) in [6.07, 6.45) is 15.6. The van der Waals surface area contributed by atoms with Gasteiger partial charge in [-0.1, -0.05) is 0 Å². The summed E-state index contributed by atoms with van der Waals surface area (Å²) in [5, 5.41) is 0. The zero-order chi connectivity index (χ0) is 10.8. The van der Waals surface area contributed by atoms with E-state index in [1.54, 1.807) is 0 Å². The molecule has 0 aromatic rings. The van der Waals surface area contributed by atoms with Gasteiger partial charge in [-0.3, -0.25) is 0 Å².